The second-order valence-electron chi connectivity index (χ2n) is 7.29. The molecule has 1 saturated heterocycles. The normalized spacial score (nSPS) is 18.2. The molecule has 5 rings (SSSR count). The lowest BCUT2D eigenvalue weighted by molar-refractivity contribution is 0.475. The first-order valence-corrected chi connectivity index (χ1v) is 11.0. The maximum absolute atomic E-state index is 9.72. The highest BCUT2D eigenvalue weighted by molar-refractivity contribution is 9.10. The standard InChI is InChI=1S/C24H19BrN4OS/c25-16-6-8-18(9-7-16)29-23(22(27-24(29)31)20-4-1-2-14-26-20)21-5-3-15-28(21)17-10-12-19(30)13-11-17/h1-15,22-23,30H,(H,27,31). The van der Waals surface area contributed by atoms with Gasteiger partial charge in [0.15, 0.2) is 5.11 Å². The van der Waals surface area contributed by atoms with Crippen molar-refractivity contribution in [3.8, 4) is 11.4 Å². The van der Waals surface area contributed by atoms with Crippen LogP contribution < -0.4 is 10.2 Å². The van der Waals surface area contributed by atoms with E-state index in [1.807, 2.05) is 54.7 Å². The molecule has 2 unspecified atom stereocenters. The summed E-state index contributed by atoms with van der Waals surface area (Å²) in [5, 5.41) is 13.9. The number of phenolic OH excluding ortho intramolecular Hbond substituents is 1. The van der Waals surface area contributed by atoms with Crippen molar-refractivity contribution < 1.29 is 5.11 Å². The number of nitrogens with zero attached hydrogens (tertiary/aromatic N) is 3. The van der Waals surface area contributed by atoms with E-state index in [1.165, 1.54) is 0 Å². The molecule has 2 aromatic heterocycles. The van der Waals surface area contributed by atoms with E-state index >= 15 is 0 Å². The van der Waals surface area contributed by atoms with Crippen molar-refractivity contribution in [2.24, 2.45) is 0 Å². The molecule has 4 aromatic rings. The van der Waals surface area contributed by atoms with Crippen LogP contribution in [0.15, 0.2) is 95.7 Å². The van der Waals surface area contributed by atoms with Gasteiger partial charge in [0.2, 0.25) is 0 Å². The summed E-state index contributed by atoms with van der Waals surface area (Å²) in [5.41, 5.74) is 3.96. The summed E-state index contributed by atoms with van der Waals surface area (Å²) in [6.45, 7) is 0. The van der Waals surface area contributed by atoms with E-state index in [1.54, 1.807) is 18.3 Å². The quantitative estimate of drug-likeness (QED) is 0.369. The zero-order valence-corrected chi connectivity index (χ0v) is 18.8. The van der Waals surface area contributed by atoms with Crippen LogP contribution in [0.3, 0.4) is 0 Å². The number of nitrogens with one attached hydrogen (secondary N) is 1. The van der Waals surface area contributed by atoms with E-state index in [2.05, 4.69) is 53.9 Å². The molecule has 2 aromatic carbocycles. The molecule has 0 radical (unpaired) electrons. The van der Waals surface area contributed by atoms with Crippen molar-refractivity contribution >= 4 is 38.9 Å². The van der Waals surface area contributed by atoms with Gasteiger partial charge in [-0.25, -0.2) is 0 Å². The molecule has 31 heavy (non-hydrogen) atoms. The number of thiocarbonyl (C=S) groups is 1. The molecule has 2 N–H and O–H groups in total. The van der Waals surface area contributed by atoms with Crippen LogP contribution in [-0.4, -0.2) is 19.8 Å². The minimum absolute atomic E-state index is 0.118. The number of aromatic nitrogens is 2. The van der Waals surface area contributed by atoms with Crippen LogP contribution in [-0.2, 0) is 0 Å². The van der Waals surface area contributed by atoms with Gasteiger partial charge in [-0.15, -0.1) is 0 Å². The Hall–Kier alpha value is -3.16. The van der Waals surface area contributed by atoms with Gasteiger partial charge in [-0.05, 0) is 85.0 Å². The topological polar surface area (TPSA) is 53.3 Å². The summed E-state index contributed by atoms with van der Waals surface area (Å²) in [4.78, 5) is 6.76. The van der Waals surface area contributed by atoms with Crippen molar-refractivity contribution in [1.82, 2.24) is 14.9 Å². The summed E-state index contributed by atoms with van der Waals surface area (Å²) >= 11 is 9.31. The average Bonchev–Trinajstić information content (AvgIpc) is 3.40. The number of hydrogen-bond acceptors (Lipinski definition) is 3. The van der Waals surface area contributed by atoms with Gasteiger partial charge >= 0.3 is 0 Å². The largest absolute Gasteiger partial charge is 0.508 e. The highest BCUT2D eigenvalue weighted by Crippen LogP contribution is 2.42. The second-order valence-corrected chi connectivity index (χ2v) is 8.59. The van der Waals surface area contributed by atoms with Crippen LogP contribution in [0.1, 0.15) is 23.5 Å². The second kappa shape index (κ2) is 8.17. The maximum Gasteiger partial charge on any atom is 0.174 e. The van der Waals surface area contributed by atoms with E-state index in [9.17, 15) is 5.11 Å². The van der Waals surface area contributed by atoms with E-state index in [0.717, 1.165) is 27.2 Å². The van der Waals surface area contributed by atoms with Gasteiger partial charge in [0.25, 0.3) is 0 Å². The van der Waals surface area contributed by atoms with E-state index in [0.29, 0.717) is 5.11 Å². The number of aromatic hydroxyl groups is 1. The van der Waals surface area contributed by atoms with Gasteiger partial charge in [-0.1, -0.05) is 22.0 Å². The molecule has 2 atom stereocenters. The fraction of sp³-hybridized carbons (Fsp3) is 0.0833. The predicted octanol–water partition coefficient (Wildman–Crippen LogP) is 5.52. The van der Waals surface area contributed by atoms with Crippen molar-refractivity contribution in [3.63, 3.8) is 0 Å². The fourth-order valence-electron chi connectivity index (χ4n) is 4.02. The number of halogens is 1. The molecular formula is C24H19BrN4OS. The van der Waals surface area contributed by atoms with E-state index in [4.69, 9.17) is 12.2 Å². The molecule has 0 bridgehead atoms. The third kappa shape index (κ3) is 3.71. The molecule has 154 valence electrons. The van der Waals surface area contributed by atoms with Crippen LogP contribution in [0.4, 0.5) is 5.69 Å². The first-order valence-electron chi connectivity index (χ1n) is 9.85. The molecule has 0 saturated carbocycles. The summed E-state index contributed by atoms with van der Waals surface area (Å²) in [6.07, 6.45) is 3.83. The molecule has 0 spiro atoms. The number of benzene rings is 2. The Morgan fingerprint density at radius 1 is 0.903 bits per heavy atom. The molecule has 0 amide bonds. The van der Waals surface area contributed by atoms with Crippen LogP contribution in [0, 0.1) is 0 Å². The summed E-state index contributed by atoms with van der Waals surface area (Å²) in [7, 11) is 0. The number of pyridine rings is 1. The number of anilines is 1. The van der Waals surface area contributed by atoms with Gasteiger partial charge in [-0.3, -0.25) is 4.98 Å². The van der Waals surface area contributed by atoms with Gasteiger partial charge < -0.3 is 19.9 Å². The Morgan fingerprint density at radius 3 is 2.35 bits per heavy atom. The lowest BCUT2D eigenvalue weighted by Crippen LogP contribution is -2.30. The fourth-order valence-corrected chi connectivity index (χ4v) is 4.63. The third-order valence-corrected chi connectivity index (χ3v) is 6.26. The number of hydrogen-bond donors (Lipinski definition) is 2. The number of rotatable bonds is 4. The molecule has 1 fully saturated rings. The molecule has 1 aliphatic heterocycles. The minimum Gasteiger partial charge on any atom is -0.508 e. The molecule has 1 aliphatic rings. The Labute approximate surface area is 194 Å². The summed E-state index contributed by atoms with van der Waals surface area (Å²) in [5.74, 6) is 0.240. The minimum atomic E-state index is -0.122. The van der Waals surface area contributed by atoms with E-state index < -0.39 is 0 Å². The zero-order valence-electron chi connectivity index (χ0n) is 16.4. The highest BCUT2D eigenvalue weighted by atomic mass is 79.9. The van der Waals surface area contributed by atoms with Crippen molar-refractivity contribution in [3.05, 3.63) is 107 Å². The van der Waals surface area contributed by atoms with Gasteiger partial charge in [0, 0.05) is 33.9 Å². The Balaban J connectivity index is 1.66. The third-order valence-electron chi connectivity index (χ3n) is 5.41. The van der Waals surface area contributed by atoms with Crippen molar-refractivity contribution in [2.75, 3.05) is 4.90 Å². The van der Waals surface area contributed by atoms with Crippen molar-refractivity contribution in [1.29, 1.82) is 0 Å². The van der Waals surface area contributed by atoms with Crippen LogP contribution in [0.5, 0.6) is 5.75 Å². The van der Waals surface area contributed by atoms with Crippen LogP contribution >= 0.6 is 28.1 Å². The Morgan fingerprint density at radius 2 is 1.65 bits per heavy atom. The summed E-state index contributed by atoms with van der Waals surface area (Å²) < 4.78 is 3.14. The highest BCUT2D eigenvalue weighted by Gasteiger charge is 2.42. The smallest absolute Gasteiger partial charge is 0.174 e. The van der Waals surface area contributed by atoms with Crippen LogP contribution in [0.2, 0.25) is 0 Å². The monoisotopic (exact) mass is 490 g/mol. The predicted molar refractivity (Wildman–Crippen MR) is 130 cm³/mol. The van der Waals surface area contributed by atoms with Gasteiger partial charge in [0.1, 0.15) is 11.8 Å². The molecule has 3 heterocycles. The molecular weight excluding hydrogens is 472 g/mol. The average molecular weight is 491 g/mol. The zero-order chi connectivity index (χ0) is 21.4. The lowest BCUT2D eigenvalue weighted by Gasteiger charge is -2.29. The maximum atomic E-state index is 9.72. The molecule has 0 aliphatic carbocycles. The first kappa shape index (κ1) is 19.8. The van der Waals surface area contributed by atoms with Gasteiger partial charge in [0.05, 0.1) is 11.7 Å². The first-order chi connectivity index (χ1) is 15.1. The SMILES string of the molecule is Oc1ccc(-n2cccc2C2C(c3ccccn3)NC(=S)N2c2ccc(Br)cc2)cc1. The Kier molecular flexibility index (Phi) is 5.21. The van der Waals surface area contributed by atoms with Crippen molar-refractivity contribution in [2.45, 2.75) is 12.1 Å². The lowest BCUT2D eigenvalue weighted by atomic mass is 10.0. The van der Waals surface area contributed by atoms with Gasteiger partial charge in [-0.2, -0.15) is 0 Å². The number of phenols is 1. The summed E-state index contributed by atoms with van der Waals surface area (Å²) in [6, 6.07) is 25.2. The molecule has 5 nitrogen and oxygen atoms in total. The van der Waals surface area contributed by atoms with E-state index in [-0.39, 0.29) is 17.8 Å². The van der Waals surface area contributed by atoms with Crippen LogP contribution in [0.25, 0.3) is 5.69 Å². The Bertz CT molecular complexity index is 1210. The molecule has 7 heteroatoms.